The largest absolute Gasteiger partial charge is 0.481 e. The minimum atomic E-state index is -0.853. The number of rotatable bonds is 7. The van der Waals surface area contributed by atoms with Gasteiger partial charge in [-0.2, -0.15) is 0 Å². The van der Waals surface area contributed by atoms with E-state index in [2.05, 4.69) is 5.32 Å². The lowest BCUT2D eigenvalue weighted by atomic mass is 9.89. The molecule has 17 heavy (non-hydrogen) atoms. The summed E-state index contributed by atoms with van der Waals surface area (Å²) in [5, 5.41) is 11.6. The highest BCUT2D eigenvalue weighted by atomic mass is 16.4. The van der Waals surface area contributed by atoms with Gasteiger partial charge in [0.15, 0.2) is 0 Å². The first-order valence-corrected chi connectivity index (χ1v) is 6.09. The number of hydrogen-bond donors (Lipinski definition) is 3. The van der Waals surface area contributed by atoms with Gasteiger partial charge in [0.1, 0.15) is 0 Å². The van der Waals surface area contributed by atoms with E-state index in [1.807, 2.05) is 0 Å². The minimum absolute atomic E-state index is 0.168. The Morgan fingerprint density at radius 3 is 2.53 bits per heavy atom. The van der Waals surface area contributed by atoms with Crippen molar-refractivity contribution in [2.75, 3.05) is 6.54 Å². The van der Waals surface area contributed by atoms with Crippen molar-refractivity contribution in [3.8, 4) is 0 Å². The summed E-state index contributed by atoms with van der Waals surface area (Å²) in [5.41, 5.74) is 4.93. The van der Waals surface area contributed by atoms with E-state index in [1.54, 1.807) is 13.8 Å². The number of aliphatic carboxylic acids is 1. The Bertz CT molecular complexity index is 298. The summed E-state index contributed by atoms with van der Waals surface area (Å²) in [4.78, 5) is 22.4. The summed E-state index contributed by atoms with van der Waals surface area (Å²) in [6.07, 6.45) is 3.50. The fraction of sp³-hybridized carbons (Fsp3) is 0.833. The van der Waals surface area contributed by atoms with Gasteiger partial charge in [-0.05, 0) is 32.6 Å². The van der Waals surface area contributed by atoms with Gasteiger partial charge in [-0.1, -0.05) is 12.8 Å². The smallest absolute Gasteiger partial charge is 0.309 e. The molecule has 1 atom stereocenters. The predicted molar refractivity (Wildman–Crippen MR) is 64.4 cm³/mol. The Hall–Kier alpha value is -1.10. The van der Waals surface area contributed by atoms with Crippen LogP contribution in [0.15, 0.2) is 0 Å². The van der Waals surface area contributed by atoms with Crippen molar-refractivity contribution in [2.24, 2.45) is 17.1 Å². The van der Waals surface area contributed by atoms with Crippen molar-refractivity contribution >= 4 is 11.9 Å². The van der Waals surface area contributed by atoms with Crippen LogP contribution < -0.4 is 11.1 Å². The molecule has 0 aromatic heterocycles. The van der Waals surface area contributed by atoms with Crippen molar-refractivity contribution in [2.45, 2.75) is 45.6 Å². The zero-order chi connectivity index (χ0) is 13.1. The molecule has 1 amide bonds. The molecule has 0 aliphatic heterocycles. The molecular weight excluding hydrogens is 220 g/mol. The number of carbonyl (C=O) groups is 2. The molecule has 98 valence electrons. The van der Waals surface area contributed by atoms with Gasteiger partial charge in [0.05, 0.1) is 11.5 Å². The molecular formula is C12H22N2O3. The zero-order valence-electron chi connectivity index (χ0n) is 10.5. The van der Waals surface area contributed by atoms with Crippen molar-refractivity contribution in [1.82, 2.24) is 5.32 Å². The van der Waals surface area contributed by atoms with Crippen molar-refractivity contribution in [3.05, 3.63) is 0 Å². The number of carboxylic acid groups (broad SMARTS) is 1. The van der Waals surface area contributed by atoms with Crippen molar-refractivity contribution in [1.29, 1.82) is 0 Å². The van der Waals surface area contributed by atoms with Gasteiger partial charge in [-0.3, -0.25) is 9.59 Å². The molecule has 0 heterocycles. The highest BCUT2D eigenvalue weighted by Gasteiger charge is 2.29. The van der Waals surface area contributed by atoms with Gasteiger partial charge in [-0.25, -0.2) is 0 Å². The van der Waals surface area contributed by atoms with Crippen LogP contribution in [0.3, 0.4) is 0 Å². The number of nitrogens with two attached hydrogens (primary N) is 1. The van der Waals surface area contributed by atoms with E-state index in [4.69, 9.17) is 10.8 Å². The lowest BCUT2D eigenvalue weighted by molar-refractivity contribution is -0.147. The van der Waals surface area contributed by atoms with Crippen LogP contribution in [0.25, 0.3) is 0 Å². The Morgan fingerprint density at radius 1 is 1.47 bits per heavy atom. The summed E-state index contributed by atoms with van der Waals surface area (Å²) < 4.78 is 0. The molecule has 0 radical (unpaired) electrons. The second-order valence-electron chi connectivity index (χ2n) is 5.52. The maximum Gasteiger partial charge on any atom is 0.309 e. The molecule has 1 saturated carbocycles. The van der Waals surface area contributed by atoms with E-state index >= 15 is 0 Å². The average Bonchev–Trinajstić information content (AvgIpc) is 3.00. The number of amides is 1. The first-order valence-electron chi connectivity index (χ1n) is 6.09. The fourth-order valence-corrected chi connectivity index (χ4v) is 1.56. The lowest BCUT2D eigenvalue weighted by Gasteiger charge is -2.19. The van der Waals surface area contributed by atoms with Crippen LogP contribution >= 0.6 is 0 Å². The van der Waals surface area contributed by atoms with Crippen LogP contribution in [0, 0.1) is 11.3 Å². The molecule has 5 heteroatoms. The highest BCUT2D eigenvalue weighted by Crippen LogP contribution is 2.33. The van der Waals surface area contributed by atoms with Crippen molar-refractivity contribution in [3.63, 3.8) is 0 Å². The molecule has 5 nitrogen and oxygen atoms in total. The van der Waals surface area contributed by atoms with E-state index in [-0.39, 0.29) is 5.91 Å². The first-order chi connectivity index (χ1) is 7.83. The Labute approximate surface area is 102 Å². The SMILES string of the molecule is CC(C)(CCNC(=O)C(N)CC1CC1)C(=O)O. The molecule has 1 aliphatic rings. The molecule has 1 fully saturated rings. The van der Waals surface area contributed by atoms with E-state index in [0.29, 0.717) is 18.9 Å². The third-order valence-corrected chi connectivity index (χ3v) is 3.25. The van der Waals surface area contributed by atoms with E-state index in [0.717, 1.165) is 6.42 Å². The maximum atomic E-state index is 11.6. The van der Waals surface area contributed by atoms with Gasteiger partial charge < -0.3 is 16.2 Å². The zero-order valence-corrected chi connectivity index (χ0v) is 10.5. The quantitative estimate of drug-likeness (QED) is 0.613. The molecule has 1 unspecified atom stereocenters. The first kappa shape index (κ1) is 14.0. The van der Waals surface area contributed by atoms with Crippen LogP contribution in [0.4, 0.5) is 0 Å². The predicted octanol–water partition coefficient (Wildman–Crippen LogP) is 0.731. The highest BCUT2D eigenvalue weighted by molar-refractivity contribution is 5.81. The van der Waals surface area contributed by atoms with Gasteiger partial charge in [-0.15, -0.1) is 0 Å². The molecule has 0 bridgehead atoms. The van der Waals surface area contributed by atoms with Crippen LogP contribution in [-0.4, -0.2) is 29.6 Å². The number of nitrogens with one attached hydrogen (secondary N) is 1. The second kappa shape index (κ2) is 5.49. The van der Waals surface area contributed by atoms with Gasteiger partial charge in [0.25, 0.3) is 0 Å². The summed E-state index contributed by atoms with van der Waals surface area (Å²) in [6, 6.07) is -0.449. The number of carboxylic acids is 1. The Morgan fingerprint density at radius 2 is 2.06 bits per heavy atom. The molecule has 1 rings (SSSR count). The standard InChI is InChI=1S/C12H22N2O3/c1-12(2,11(16)17)5-6-14-10(15)9(13)7-8-3-4-8/h8-9H,3-7,13H2,1-2H3,(H,14,15)(H,16,17). The van der Waals surface area contributed by atoms with Gasteiger partial charge >= 0.3 is 5.97 Å². The normalized spacial score (nSPS) is 17.6. The Kier molecular flexibility index (Phi) is 4.51. The van der Waals surface area contributed by atoms with E-state index < -0.39 is 17.4 Å². The van der Waals surface area contributed by atoms with Crippen LogP contribution in [0.2, 0.25) is 0 Å². The number of carbonyl (C=O) groups excluding carboxylic acids is 1. The summed E-state index contributed by atoms with van der Waals surface area (Å²) >= 11 is 0. The van der Waals surface area contributed by atoms with Crippen LogP contribution in [0.5, 0.6) is 0 Å². The third-order valence-electron chi connectivity index (χ3n) is 3.25. The fourth-order valence-electron chi connectivity index (χ4n) is 1.56. The lowest BCUT2D eigenvalue weighted by Crippen LogP contribution is -2.42. The van der Waals surface area contributed by atoms with Gasteiger partial charge in [0.2, 0.25) is 5.91 Å². The van der Waals surface area contributed by atoms with E-state index in [1.165, 1.54) is 12.8 Å². The van der Waals surface area contributed by atoms with E-state index in [9.17, 15) is 9.59 Å². The summed E-state index contributed by atoms with van der Waals surface area (Å²) in [7, 11) is 0. The molecule has 4 N–H and O–H groups in total. The van der Waals surface area contributed by atoms with Gasteiger partial charge in [0, 0.05) is 6.54 Å². The maximum absolute atomic E-state index is 11.6. The summed E-state index contributed by atoms with van der Waals surface area (Å²) in [5.74, 6) is -0.404. The Balaban J connectivity index is 2.20. The molecule has 0 saturated heterocycles. The molecule has 1 aliphatic carbocycles. The van der Waals surface area contributed by atoms with Crippen LogP contribution in [-0.2, 0) is 9.59 Å². The summed E-state index contributed by atoms with van der Waals surface area (Å²) in [6.45, 7) is 3.65. The monoisotopic (exact) mass is 242 g/mol. The average molecular weight is 242 g/mol. The minimum Gasteiger partial charge on any atom is -0.481 e. The second-order valence-corrected chi connectivity index (χ2v) is 5.52. The molecule has 0 aromatic carbocycles. The topological polar surface area (TPSA) is 92.4 Å². The van der Waals surface area contributed by atoms with Crippen LogP contribution in [0.1, 0.15) is 39.5 Å². The van der Waals surface area contributed by atoms with Crippen molar-refractivity contribution < 1.29 is 14.7 Å². The molecule has 0 aromatic rings. The third kappa shape index (κ3) is 4.73. The molecule has 0 spiro atoms. The number of hydrogen-bond acceptors (Lipinski definition) is 3.